The monoisotopic (exact) mass is 253 g/mol. The summed E-state index contributed by atoms with van der Waals surface area (Å²) >= 11 is 0. The third-order valence-electron chi connectivity index (χ3n) is 3.32. The summed E-state index contributed by atoms with van der Waals surface area (Å²) in [4.78, 5) is 18.1. The minimum Gasteiger partial charge on any atom is -0.320 e. The van der Waals surface area contributed by atoms with Crippen molar-refractivity contribution >= 4 is 11.8 Å². The highest BCUT2D eigenvalue weighted by atomic mass is 16.2. The van der Waals surface area contributed by atoms with Gasteiger partial charge in [0.05, 0.1) is 0 Å². The zero-order chi connectivity index (χ0) is 13.1. The van der Waals surface area contributed by atoms with Gasteiger partial charge in [-0.2, -0.15) is 0 Å². The van der Waals surface area contributed by atoms with Crippen LogP contribution in [0.1, 0.15) is 11.1 Å². The molecule has 0 saturated heterocycles. The Labute approximate surface area is 112 Å². The van der Waals surface area contributed by atoms with Gasteiger partial charge in [-0.1, -0.05) is 30.3 Å². The molecule has 3 rings (SSSR count). The molecule has 1 N–H and O–H groups in total. The van der Waals surface area contributed by atoms with Crippen LogP contribution in [-0.4, -0.2) is 22.5 Å². The molecule has 0 radical (unpaired) electrons. The fourth-order valence-electron chi connectivity index (χ4n) is 2.29. The molecule has 96 valence electrons. The Bertz CT molecular complexity index is 583. The Morgan fingerprint density at radius 1 is 1.11 bits per heavy atom. The van der Waals surface area contributed by atoms with Gasteiger partial charge in [-0.15, -0.1) is 0 Å². The molecule has 0 aliphatic carbocycles. The molecule has 0 atom stereocenters. The number of rotatable bonds is 1. The van der Waals surface area contributed by atoms with Crippen LogP contribution >= 0.6 is 0 Å². The lowest BCUT2D eigenvalue weighted by Gasteiger charge is -2.28. The average Bonchev–Trinajstić information content (AvgIpc) is 2.48. The Hall–Kier alpha value is -2.36. The minimum absolute atomic E-state index is 0.0896. The highest BCUT2D eigenvalue weighted by Gasteiger charge is 2.20. The van der Waals surface area contributed by atoms with E-state index in [1.165, 1.54) is 11.1 Å². The van der Waals surface area contributed by atoms with Crippen molar-refractivity contribution in [3.63, 3.8) is 0 Å². The van der Waals surface area contributed by atoms with Crippen LogP contribution in [0.15, 0.2) is 48.7 Å². The molecule has 0 bridgehead atoms. The second kappa shape index (κ2) is 5.10. The molecule has 0 saturated carbocycles. The Morgan fingerprint density at radius 2 is 1.89 bits per heavy atom. The van der Waals surface area contributed by atoms with Crippen molar-refractivity contribution < 1.29 is 4.79 Å². The molecule has 19 heavy (non-hydrogen) atoms. The van der Waals surface area contributed by atoms with Crippen molar-refractivity contribution in [1.82, 2.24) is 9.88 Å². The summed E-state index contributed by atoms with van der Waals surface area (Å²) in [5.41, 5.74) is 2.56. The van der Waals surface area contributed by atoms with Crippen molar-refractivity contribution in [2.75, 3.05) is 11.9 Å². The molecule has 4 heteroatoms. The topological polar surface area (TPSA) is 45.2 Å². The number of carbonyl (C=O) groups excluding carboxylic acids is 1. The minimum atomic E-state index is -0.0896. The first-order valence-electron chi connectivity index (χ1n) is 6.37. The number of hydrogen-bond acceptors (Lipinski definition) is 2. The molecule has 0 spiro atoms. The quantitative estimate of drug-likeness (QED) is 0.849. The number of benzene rings is 1. The number of hydrogen-bond donors (Lipinski definition) is 1. The SMILES string of the molecule is O=C(Nc1ccccn1)N1CCc2ccccc2C1. The van der Waals surface area contributed by atoms with Crippen LogP contribution in [0.2, 0.25) is 0 Å². The molecular weight excluding hydrogens is 238 g/mol. The Morgan fingerprint density at radius 3 is 2.68 bits per heavy atom. The fourth-order valence-corrected chi connectivity index (χ4v) is 2.29. The van der Waals surface area contributed by atoms with E-state index in [0.29, 0.717) is 12.4 Å². The van der Waals surface area contributed by atoms with Gasteiger partial charge in [0.15, 0.2) is 0 Å². The highest BCUT2D eigenvalue weighted by molar-refractivity contribution is 5.88. The summed E-state index contributed by atoms with van der Waals surface area (Å²) < 4.78 is 0. The average molecular weight is 253 g/mol. The summed E-state index contributed by atoms with van der Waals surface area (Å²) in [5.74, 6) is 0.589. The molecule has 1 aromatic heterocycles. The van der Waals surface area contributed by atoms with Crippen LogP contribution in [0.3, 0.4) is 0 Å². The standard InChI is InChI=1S/C15H15N3O/c19-15(17-14-7-3-4-9-16-14)18-10-8-12-5-1-2-6-13(12)11-18/h1-7,9H,8,10-11H2,(H,16,17,19). The van der Waals surface area contributed by atoms with Gasteiger partial charge < -0.3 is 4.90 Å². The largest absolute Gasteiger partial charge is 0.323 e. The van der Waals surface area contributed by atoms with E-state index in [1.54, 1.807) is 12.3 Å². The summed E-state index contributed by atoms with van der Waals surface area (Å²) in [6.07, 6.45) is 2.58. The summed E-state index contributed by atoms with van der Waals surface area (Å²) in [6.45, 7) is 1.41. The first-order valence-corrected chi connectivity index (χ1v) is 6.37. The lowest BCUT2D eigenvalue weighted by atomic mass is 10.0. The van der Waals surface area contributed by atoms with Crippen LogP contribution in [0, 0.1) is 0 Å². The van der Waals surface area contributed by atoms with Crippen molar-refractivity contribution in [1.29, 1.82) is 0 Å². The maximum atomic E-state index is 12.2. The predicted molar refractivity (Wildman–Crippen MR) is 73.8 cm³/mol. The number of fused-ring (bicyclic) bond motifs is 1. The Balaban J connectivity index is 1.70. The highest BCUT2D eigenvalue weighted by Crippen LogP contribution is 2.19. The first kappa shape index (κ1) is 11.7. The van der Waals surface area contributed by atoms with Crippen molar-refractivity contribution in [2.45, 2.75) is 13.0 Å². The molecule has 2 aromatic rings. The fraction of sp³-hybridized carbons (Fsp3) is 0.200. The third-order valence-corrected chi connectivity index (χ3v) is 3.32. The molecule has 2 amide bonds. The maximum absolute atomic E-state index is 12.2. The van der Waals surface area contributed by atoms with E-state index in [-0.39, 0.29) is 6.03 Å². The van der Waals surface area contributed by atoms with E-state index in [4.69, 9.17) is 0 Å². The lowest BCUT2D eigenvalue weighted by Crippen LogP contribution is -2.39. The van der Waals surface area contributed by atoms with Crippen molar-refractivity contribution in [3.05, 3.63) is 59.8 Å². The number of pyridine rings is 1. The molecule has 4 nitrogen and oxygen atoms in total. The predicted octanol–water partition coefficient (Wildman–Crippen LogP) is 2.67. The summed E-state index contributed by atoms with van der Waals surface area (Å²) in [5, 5.41) is 2.82. The molecular formula is C15H15N3O. The van der Waals surface area contributed by atoms with Crippen LogP contribution < -0.4 is 5.32 Å². The number of amides is 2. The number of urea groups is 1. The van der Waals surface area contributed by atoms with Crippen LogP contribution in [-0.2, 0) is 13.0 Å². The molecule has 0 unspecified atom stereocenters. The molecule has 1 aliphatic heterocycles. The van der Waals surface area contributed by atoms with Crippen LogP contribution in [0.5, 0.6) is 0 Å². The molecule has 1 aliphatic rings. The third kappa shape index (κ3) is 2.57. The van der Waals surface area contributed by atoms with Gasteiger partial charge in [-0.25, -0.2) is 9.78 Å². The van der Waals surface area contributed by atoms with Gasteiger partial charge in [0.2, 0.25) is 0 Å². The molecule has 0 fully saturated rings. The molecule has 1 aromatic carbocycles. The number of nitrogens with one attached hydrogen (secondary N) is 1. The maximum Gasteiger partial charge on any atom is 0.323 e. The lowest BCUT2D eigenvalue weighted by molar-refractivity contribution is 0.206. The van der Waals surface area contributed by atoms with Gasteiger partial charge in [0.1, 0.15) is 5.82 Å². The Kier molecular flexibility index (Phi) is 3.14. The number of anilines is 1. The smallest absolute Gasteiger partial charge is 0.320 e. The van der Waals surface area contributed by atoms with E-state index >= 15 is 0 Å². The number of aromatic nitrogens is 1. The normalized spacial score (nSPS) is 13.8. The first-order chi connectivity index (χ1) is 9.33. The number of nitrogens with zero attached hydrogens (tertiary/aromatic N) is 2. The van der Waals surface area contributed by atoms with Crippen molar-refractivity contribution in [2.24, 2.45) is 0 Å². The molecule has 2 heterocycles. The van der Waals surface area contributed by atoms with E-state index in [0.717, 1.165) is 13.0 Å². The van der Waals surface area contributed by atoms with Crippen LogP contribution in [0.25, 0.3) is 0 Å². The van der Waals surface area contributed by atoms with Gasteiger partial charge in [-0.3, -0.25) is 5.32 Å². The van der Waals surface area contributed by atoms with E-state index in [2.05, 4.69) is 22.4 Å². The van der Waals surface area contributed by atoms with E-state index in [9.17, 15) is 4.79 Å². The van der Waals surface area contributed by atoms with Gasteiger partial charge in [0.25, 0.3) is 0 Å². The van der Waals surface area contributed by atoms with Gasteiger partial charge in [-0.05, 0) is 29.7 Å². The summed E-state index contributed by atoms with van der Waals surface area (Å²) in [6, 6.07) is 13.6. The van der Waals surface area contributed by atoms with E-state index < -0.39 is 0 Å². The summed E-state index contributed by atoms with van der Waals surface area (Å²) in [7, 11) is 0. The van der Waals surface area contributed by atoms with Crippen LogP contribution in [0.4, 0.5) is 10.6 Å². The van der Waals surface area contributed by atoms with E-state index in [1.807, 2.05) is 29.2 Å². The second-order valence-electron chi connectivity index (χ2n) is 4.59. The van der Waals surface area contributed by atoms with Gasteiger partial charge in [0, 0.05) is 19.3 Å². The number of carbonyl (C=O) groups is 1. The second-order valence-corrected chi connectivity index (χ2v) is 4.59. The zero-order valence-corrected chi connectivity index (χ0v) is 10.5. The van der Waals surface area contributed by atoms with Gasteiger partial charge >= 0.3 is 6.03 Å². The zero-order valence-electron chi connectivity index (χ0n) is 10.5. The van der Waals surface area contributed by atoms with Crippen molar-refractivity contribution in [3.8, 4) is 0 Å².